The number of rotatable bonds is 8. The van der Waals surface area contributed by atoms with Gasteiger partial charge in [0.2, 0.25) is 0 Å². The van der Waals surface area contributed by atoms with Crippen LogP contribution in [0.15, 0.2) is 108 Å². The molecule has 166 valence electrons. The van der Waals surface area contributed by atoms with Crippen LogP contribution < -0.4 is 19.4 Å². The fourth-order valence-electron chi connectivity index (χ4n) is 3.48. The molecule has 4 aromatic carbocycles. The zero-order chi connectivity index (χ0) is 23.0. The molecule has 0 bridgehead atoms. The van der Waals surface area contributed by atoms with Crippen molar-refractivity contribution in [2.24, 2.45) is 5.10 Å². The smallest absolute Gasteiger partial charge is 0.119 e. The quantitative estimate of drug-likeness (QED) is 0.229. The third kappa shape index (κ3) is 5.33. The molecule has 0 aliphatic carbocycles. The monoisotopic (exact) mass is 437 g/mol. The van der Waals surface area contributed by atoms with Crippen molar-refractivity contribution >= 4 is 29.0 Å². The Hall–Kier alpha value is -4.25. The summed E-state index contributed by atoms with van der Waals surface area (Å²) >= 11 is 0. The Labute approximate surface area is 195 Å². The lowest BCUT2D eigenvalue weighted by Crippen LogP contribution is -2.10. The van der Waals surface area contributed by atoms with Crippen molar-refractivity contribution in [1.29, 1.82) is 0 Å². The predicted octanol–water partition coefficient (Wildman–Crippen LogP) is 6.64. The van der Waals surface area contributed by atoms with Crippen molar-refractivity contribution in [3.05, 3.63) is 109 Å². The molecular weight excluding hydrogens is 410 g/mol. The van der Waals surface area contributed by atoms with Gasteiger partial charge >= 0.3 is 0 Å². The van der Waals surface area contributed by atoms with Gasteiger partial charge in [0.1, 0.15) is 11.5 Å². The number of benzene rings is 4. The van der Waals surface area contributed by atoms with Crippen molar-refractivity contribution < 1.29 is 9.47 Å². The van der Waals surface area contributed by atoms with Crippen LogP contribution in [0, 0.1) is 0 Å². The highest BCUT2D eigenvalue weighted by Gasteiger charge is 2.13. The SMILES string of the molecule is COc1ccc(N(c2ccc(/C=N/N(C)c3ccccc3)cc2)c2ccc(OC)cc2)cc1. The van der Waals surface area contributed by atoms with Crippen molar-refractivity contribution in [2.45, 2.75) is 0 Å². The van der Waals surface area contributed by atoms with E-state index in [0.717, 1.165) is 39.8 Å². The van der Waals surface area contributed by atoms with Gasteiger partial charge in [-0.2, -0.15) is 5.10 Å². The van der Waals surface area contributed by atoms with Crippen LogP contribution in [0.2, 0.25) is 0 Å². The molecule has 0 saturated carbocycles. The molecule has 0 radical (unpaired) electrons. The second-order valence-electron chi connectivity index (χ2n) is 7.43. The molecule has 0 unspecified atom stereocenters. The molecule has 0 saturated heterocycles. The molecule has 5 heteroatoms. The van der Waals surface area contributed by atoms with E-state index in [2.05, 4.69) is 34.3 Å². The highest BCUT2D eigenvalue weighted by atomic mass is 16.5. The molecule has 0 aromatic heterocycles. The van der Waals surface area contributed by atoms with Crippen LogP contribution in [0.1, 0.15) is 5.56 Å². The maximum absolute atomic E-state index is 5.33. The molecule has 0 aliphatic rings. The lowest BCUT2D eigenvalue weighted by atomic mass is 10.1. The fourth-order valence-corrected chi connectivity index (χ4v) is 3.48. The molecular formula is C28H27N3O2. The molecule has 0 amide bonds. The molecule has 4 aromatic rings. The molecule has 5 nitrogen and oxygen atoms in total. The summed E-state index contributed by atoms with van der Waals surface area (Å²) in [4.78, 5) is 2.19. The number of ether oxygens (including phenoxy) is 2. The van der Waals surface area contributed by atoms with Gasteiger partial charge in [-0.3, -0.25) is 5.01 Å². The Balaban J connectivity index is 1.61. The van der Waals surface area contributed by atoms with Gasteiger partial charge < -0.3 is 14.4 Å². The average Bonchev–Trinajstić information content (AvgIpc) is 2.89. The van der Waals surface area contributed by atoms with Gasteiger partial charge in [0.15, 0.2) is 0 Å². The molecule has 0 spiro atoms. The van der Waals surface area contributed by atoms with Crippen molar-refractivity contribution in [1.82, 2.24) is 0 Å². The zero-order valence-corrected chi connectivity index (χ0v) is 19.1. The maximum Gasteiger partial charge on any atom is 0.119 e. The van der Waals surface area contributed by atoms with Crippen molar-refractivity contribution in [3.63, 3.8) is 0 Å². The molecule has 0 fully saturated rings. The average molecular weight is 438 g/mol. The highest BCUT2D eigenvalue weighted by Crippen LogP contribution is 2.36. The Morgan fingerprint density at radius 2 is 1.03 bits per heavy atom. The summed E-state index contributed by atoms with van der Waals surface area (Å²) in [5.74, 6) is 1.64. The van der Waals surface area contributed by atoms with E-state index in [1.54, 1.807) is 14.2 Å². The summed E-state index contributed by atoms with van der Waals surface area (Å²) in [7, 11) is 5.28. The molecule has 33 heavy (non-hydrogen) atoms. The highest BCUT2D eigenvalue weighted by molar-refractivity contribution is 5.83. The second kappa shape index (κ2) is 10.4. The van der Waals surface area contributed by atoms with Crippen LogP contribution in [-0.2, 0) is 0 Å². The largest absolute Gasteiger partial charge is 0.497 e. The summed E-state index contributed by atoms with van der Waals surface area (Å²) in [6, 6.07) is 34.4. The van der Waals surface area contributed by atoms with Gasteiger partial charge in [0, 0.05) is 24.1 Å². The third-order valence-corrected chi connectivity index (χ3v) is 5.32. The van der Waals surface area contributed by atoms with Crippen molar-refractivity contribution in [2.75, 3.05) is 31.2 Å². The number of nitrogens with zero attached hydrogens (tertiary/aromatic N) is 3. The Bertz CT molecular complexity index is 1130. The number of hydrogen-bond donors (Lipinski definition) is 0. The molecule has 0 heterocycles. The first kappa shape index (κ1) is 22.0. The number of methoxy groups -OCH3 is 2. The lowest BCUT2D eigenvalue weighted by molar-refractivity contribution is 0.415. The summed E-state index contributed by atoms with van der Waals surface area (Å²) in [6.45, 7) is 0. The number of hydrogen-bond acceptors (Lipinski definition) is 5. The Kier molecular flexibility index (Phi) is 6.90. The number of hydrazone groups is 1. The van der Waals surface area contributed by atoms with Crippen LogP contribution in [-0.4, -0.2) is 27.5 Å². The second-order valence-corrected chi connectivity index (χ2v) is 7.43. The molecule has 0 aliphatic heterocycles. The van der Waals surface area contributed by atoms with Crippen molar-refractivity contribution in [3.8, 4) is 11.5 Å². The standard InChI is InChI=1S/C28H27N3O2/c1-30(23-7-5-4-6-8-23)29-21-22-9-11-24(12-10-22)31(25-13-17-27(32-2)18-14-25)26-15-19-28(33-3)20-16-26/h4-21H,1-3H3/b29-21+. The van der Waals surface area contributed by atoms with E-state index >= 15 is 0 Å². The third-order valence-electron chi connectivity index (χ3n) is 5.32. The normalized spacial score (nSPS) is 10.8. The number of para-hydroxylation sites is 1. The fraction of sp³-hybridized carbons (Fsp3) is 0.107. The minimum absolute atomic E-state index is 0.822. The van der Waals surface area contributed by atoms with E-state index < -0.39 is 0 Å². The van der Waals surface area contributed by atoms with E-state index in [9.17, 15) is 0 Å². The van der Waals surface area contributed by atoms with Gasteiger partial charge in [-0.25, -0.2) is 0 Å². The van der Waals surface area contributed by atoms with Crippen LogP contribution in [0.4, 0.5) is 22.7 Å². The first-order valence-electron chi connectivity index (χ1n) is 10.7. The van der Waals surface area contributed by atoms with Gasteiger partial charge in [-0.05, 0) is 78.4 Å². The lowest BCUT2D eigenvalue weighted by Gasteiger charge is -2.26. The summed E-state index contributed by atoms with van der Waals surface area (Å²) in [5.41, 5.74) is 5.16. The van der Waals surface area contributed by atoms with E-state index in [-0.39, 0.29) is 0 Å². The molecule has 4 rings (SSSR count). The summed E-state index contributed by atoms with van der Waals surface area (Å²) in [5, 5.41) is 6.42. The van der Waals surface area contributed by atoms with Crippen LogP contribution in [0.3, 0.4) is 0 Å². The van der Waals surface area contributed by atoms with E-state index in [1.807, 2.05) is 97.1 Å². The van der Waals surface area contributed by atoms with Crippen LogP contribution in [0.5, 0.6) is 11.5 Å². The maximum atomic E-state index is 5.33. The zero-order valence-electron chi connectivity index (χ0n) is 19.1. The van der Waals surface area contributed by atoms with Gasteiger partial charge in [-0.15, -0.1) is 0 Å². The van der Waals surface area contributed by atoms with E-state index in [1.165, 1.54) is 0 Å². The molecule has 0 N–H and O–H groups in total. The predicted molar refractivity (Wildman–Crippen MR) is 137 cm³/mol. The summed E-state index contributed by atoms with van der Waals surface area (Å²) < 4.78 is 10.7. The topological polar surface area (TPSA) is 37.3 Å². The molecule has 0 atom stereocenters. The van der Waals surface area contributed by atoms with E-state index in [4.69, 9.17) is 9.47 Å². The Morgan fingerprint density at radius 3 is 1.48 bits per heavy atom. The van der Waals surface area contributed by atoms with Crippen LogP contribution >= 0.6 is 0 Å². The minimum atomic E-state index is 0.822. The first-order valence-corrected chi connectivity index (χ1v) is 10.7. The van der Waals surface area contributed by atoms with Gasteiger partial charge in [0.25, 0.3) is 0 Å². The number of anilines is 4. The van der Waals surface area contributed by atoms with E-state index in [0.29, 0.717) is 0 Å². The van der Waals surface area contributed by atoms with Gasteiger partial charge in [-0.1, -0.05) is 30.3 Å². The Morgan fingerprint density at radius 1 is 0.576 bits per heavy atom. The van der Waals surface area contributed by atoms with Crippen LogP contribution in [0.25, 0.3) is 0 Å². The minimum Gasteiger partial charge on any atom is -0.497 e. The van der Waals surface area contributed by atoms with Gasteiger partial charge in [0.05, 0.1) is 26.1 Å². The first-order chi connectivity index (χ1) is 16.2. The summed E-state index contributed by atoms with van der Waals surface area (Å²) in [6.07, 6.45) is 1.86.